The molecule has 2 rings (SSSR count). The van der Waals surface area contributed by atoms with Crippen LogP contribution in [0, 0.1) is 5.41 Å². The quantitative estimate of drug-likeness (QED) is 0.331. The summed E-state index contributed by atoms with van der Waals surface area (Å²) < 4.78 is 0. The van der Waals surface area contributed by atoms with Gasteiger partial charge in [-0.1, -0.05) is 5.16 Å². The van der Waals surface area contributed by atoms with E-state index in [0.717, 1.165) is 39.1 Å². The van der Waals surface area contributed by atoms with Crippen LogP contribution in [0.1, 0.15) is 33.1 Å². The van der Waals surface area contributed by atoms with Gasteiger partial charge in [0, 0.05) is 45.2 Å². The lowest BCUT2D eigenvalue weighted by molar-refractivity contribution is 0.0939. The molecule has 0 radical (unpaired) electrons. The molecule has 1 saturated heterocycles. The number of piperazine rings is 1. The lowest BCUT2D eigenvalue weighted by Crippen LogP contribution is -2.50. The van der Waals surface area contributed by atoms with E-state index in [9.17, 15) is 0 Å². The summed E-state index contributed by atoms with van der Waals surface area (Å²) in [6.45, 7) is 10.3. The minimum absolute atomic E-state index is 0.302. The Kier molecular flexibility index (Phi) is 4.12. The highest BCUT2D eigenvalue weighted by molar-refractivity contribution is 5.80. The van der Waals surface area contributed by atoms with Gasteiger partial charge in [-0.3, -0.25) is 4.90 Å². The van der Waals surface area contributed by atoms with E-state index in [1.807, 2.05) is 0 Å². The molecule has 1 aliphatic heterocycles. The van der Waals surface area contributed by atoms with Crippen LogP contribution in [0.3, 0.4) is 0 Å². The smallest absolute Gasteiger partial charge is 0.139 e. The molecule has 1 aliphatic carbocycles. The fourth-order valence-electron chi connectivity index (χ4n) is 2.90. The van der Waals surface area contributed by atoms with Crippen molar-refractivity contribution in [2.45, 2.75) is 39.2 Å². The van der Waals surface area contributed by atoms with Gasteiger partial charge >= 0.3 is 0 Å². The maximum atomic E-state index is 8.67. The summed E-state index contributed by atoms with van der Waals surface area (Å²) in [6, 6.07) is 0.652. The van der Waals surface area contributed by atoms with Gasteiger partial charge in [0.15, 0.2) is 0 Å². The Morgan fingerprint density at radius 2 is 1.89 bits per heavy atom. The van der Waals surface area contributed by atoms with Gasteiger partial charge in [0.1, 0.15) is 5.84 Å². The van der Waals surface area contributed by atoms with Crippen LogP contribution >= 0.6 is 0 Å². The predicted molar refractivity (Wildman–Crippen MR) is 72.8 cm³/mol. The standard InChI is InChI=1S/C13H26N4O/c1-11(2)17-7-5-16(6-8-17)10-13(3-4-13)9-12(14)15-18/h11,18H,3-10H2,1-2H3,(H2,14,15). The van der Waals surface area contributed by atoms with Gasteiger partial charge in [0.25, 0.3) is 0 Å². The average molecular weight is 254 g/mol. The van der Waals surface area contributed by atoms with Crippen molar-refractivity contribution in [3.05, 3.63) is 0 Å². The van der Waals surface area contributed by atoms with Crippen molar-refractivity contribution in [1.29, 1.82) is 0 Å². The SMILES string of the molecule is CC(C)N1CCN(CC2(CC(N)=NO)CC2)CC1. The average Bonchev–Trinajstić information content (AvgIpc) is 3.09. The van der Waals surface area contributed by atoms with Crippen molar-refractivity contribution in [3.8, 4) is 0 Å². The van der Waals surface area contributed by atoms with Crippen molar-refractivity contribution in [2.24, 2.45) is 16.3 Å². The molecule has 104 valence electrons. The highest BCUT2D eigenvalue weighted by atomic mass is 16.4. The van der Waals surface area contributed by atoms with Crippen LogP contribution < -0.4 is 5.73 Å². The number of hydrogen-bond donors (Lipinski definition) is 2. The largest absolute Gasteiger partial charge is 0.409 e. The van der Waals surface area contributed by atoms with Crippen LogP contribution in [0.25, 0.3) is 0 Å². The summed E-state index contributed by atoms with van der Waals surface area (Å²) in [4.78, 5) is 5.07. The molecule has 0 aromatic heterocycles. The Labute approximate surface area is 110 Å². The highest BCUT2D eigenvalue weighted by Crippen LogP contribution is 2.49. The van der Waals surface area contributed by atoms with Gasteiger partial charge < -0.3 is 15.8 Å². The molecular weight excluding hydrogens is 228 g/mol. The molecule has 5 nitrogen and oxygen atoms in total. The monoisotopic (exact) mass is 254 g/mol. The molecule has 3 N–H and O–H groups in total. The molecule has 0 aromatic carbocycles. The predicted octanol–water partition coefficient (Wildman–Crippen LogP) is 0.929. The van der Waals surface area contributed by atoms with E-state index in [4.69, 9.17) is 10.9 Å². The van der Waals surface area contributed by atoms with E-state index in [-0.39, 0.29) is 0 Å². The van der Waals surface area contributed by atoms with Gasteiger partial charge in [-0.05, 0) is 32.1 Å². The van der Waals surface area contributed by atoms with Crippen molar-refractivity contribution < 1.29 is 5.21 Å². The lowest BCUT2D eigenvalue weighted by atomic mass is 10.0. The van der Waals surface area contributed by atoms with Crippen molar-refractivity contribution >= 4 is 5.84 Å². The van der Waals surface area contributed by atoms with Crippen LogP contribution in [0.5, 0.6) is 0 Å². The summed E-state index contributed by atoms with van der Waals surface area (Å²) >= 11 is 0. The fourth-order valence-corrected chi connectivity index (χ4v) is 2.90. The van der Waals surface area contributed by atoms with E-state index in [1.54, 1.807) is 0 Å². The first-order valence-corrected chi connectivity index (χ1v) is 6.97. The van der Waals surface area contributed by atoms with Crippen LogP contribution in [-0.4, -0.2) is 59.6 Å². The summed E-state index contributed by atoms with van der Waals surface area (Å²) in [5.74, 6) is 0.383. The number of rotatable bonds is 5. The molecule has 0 atom stereocenters. The first kappa shape index (κ1) is 13.6. The normalized spacial score (nSPS) is 25.6. The maximum Gasteiger partial charge on any atom is 0.139 e. The molecule has 0 amide bonds. The molecule has 0 aromatic rings. The molecule has 2 fully saturated rings. The number of oxime groups is 1. The summed E-state index contributed by atoms with van der Waals surface area (Å²) in [5.41, 5.74) is 5.94. The van der Waals surface area contributed by atoms with Crippen LogP contribution in [0.4, 0.5) is 0 Å². The third kappa shape index (κ3) is 3.36. The second-order valence-electron chi connectivity index (χ2n) is 6.17. The first-order valence-electron chi connectivity index (χ1n) is 6.97. The van der Waals surface area contributed by atoms with Gasteiger partial charge in [-0.2, -0.15) is 0 Å². The van der Waals surface area contributed by atoms with E-state index in [1.165, 1.54) is 12.8 Å². The molecule has 5 heteroatoms. The Balaban J connectivity index is 1.78. The summed E-state index contributed by atoms with van der Waals surface area (Å²) in [7, 11) is 0. The molecular formula is C13H26N4O. The summed E-state index contributed by atoms with van der Waals surface area (Å²) in [6.07, 6.45) is 3.18. The second kappa shape index (κ2) is 5.45. The fraction of sp³-hybridized carbons (Fsp3) is 0.923. The van der Waals surface area contributed by atoms with Gasteiger partial charge in [0.05, 0.1) is 0 Å². The van der Waals surface area contributed by atoms with E-state index in [2.05, 4.69) is 28.8 Å². The lowest BCUT2D eigenvalue weighted by Gasteiger charge is -2.38. The Morgan fingerprint density at radius 1 is 1.28 bits per heavy atom. The Morgan fingerprint density at radius 3 is 2.33 bits per heavy atom. The van der Waals surface area contributed by atoms with Crippen LogP contribution in [0.15, 0.2) is 5.16 Å². The van der Waals surface area contributed by atoms with Crippen LogP contribution in [0.2, 0.25) is 0 Å². The molecule has 0 spiro atoms. The number of nitrogens with zero attached hydrogens (tertiary/aromatic N) is 3. The number of nitrogens with two attached hydrogens (primary N) is 1. The van der Waals surface area contributed by atoms with Gasteiger partial charge in [0.2, 0.25) is 0 Å². The Bertz CT molecular complexity index is 304. The third-order valence-corrected chi connectivity index (χ3v) is 4.34. The molecule has 2 aliphatic rings. The van der Waals surface area contributed by atoms with E-state index >= 15 is 0 Å². The second-order valence-corrected chi connectivity index (χ2v) is 6.17. The molecule has 1 saturated carbocycles. The number of amidine groups is 1. The zero-order valence-corrected chi connectivity index (χ0v) is 11.6. The third-order valence-electron chi connectivity index (χ3n) is 4.34. The molecule has 18 heavy (non-hydrogen) atoms. The number of hydrogen-bond acceptors (Lipinski definition) is 4. The zero-order chi connectivity index (χ0) is 13.2. The molecule has 1 heterocycles. The minimum atomic E-state index is 0.302. The first-order chi connectivity index (χ1) is 8.54. The van der Waals surface area contributed by atoms with Gasteiger partial charge in [-0.15, -0.1) is 0 Å². The zero-order valence-electron chi connectivity index (χ0n) is 11.6. The molecule has 0 unspecified atom stereocenters. The minimum Gasteiger partial charge on any atom is -0.409 e. The van der Waals surface area contributed by atoms with Crippen molar-refractivity contribution in [2.75, 3.05) is 32.7 Å². The highest BCUT2D eigenvalue weighted by Gasteiger charge is 2.44. The van der Waals surface area contributed by atoms with Crippen molar-refractivity contribution in [3.63, 3.8) is 0 Å². The molecule has 0 bridgehead atoms. The van der Waals surface area contributed by atoms with E-state index in [0.29, 0.717) is 17.3 Å². The summed E-state index contributed by atoms with van der Waals surface area (Å²) in [5, 5.41) is 11.8. The topological polar surface area (TPSA) is 65.1 Å². The Hall–Kier alpha value is -0.810. The van der Waals surface area contributed by atoms with Crippen molar-refractivity contribution in [1.82, 2.24) is 9.80 Å². The van der Waals surface area contributed by atoms with Crippen LogP contribution in [-0.2, 0) is 0 Å². The van der Waals surface area contributed by atoms with Gasteiger partial charge in [-0.25, -0.2) is 0 Å². The maximum absolute atomic E-state index is 8.67. The van der Waals surface area contributed by atoms with E-state index < -0.39 is 0 Å².